The Labute approximate surface area is 164 Å². The van der Waals surface area contributed by atoms with Gasteiger partial charge < -0.3 is 18.8 Å². The second kappa shape index (κ2) is 8.79. The predicted octanol–water partition coefficient (Wildman–Crippen LogP) is 3.36. The lowest BCUT2D eigenvalue weighted by Gasteiger charge is -2.21. The Morgan fingerprint density at radius 1 is 1.00 bits per heavy atom. The maximum atomic E-state index is 11.1. The molecule has 0 amide bonds. The second-order valence-corrected chi connectivity index (χ2v) is 8.03. The molecule has 0 aromatic heterocycles. The van der Waals surface area contributed by atoms with Crippen LogP contribution in [0.2, 0.25) is 0 Å². The molecular formula is C20H22O7S. The zero-order chi connectivity index (χ0) is 20.8. The number of benzene rings is 2. The van der Waals surface area contributed by atoms with Gasteiger partial charge in [-0.1, -0.05) is 18.2 Å². The van der Waals surface area contributed by atoms with Gasteiger partial charge in [0.1, 0.15) is 23.9 Å². The van der Waals surface area contributed by atoms with Crippen LogP contribution in [-0.2, 0) is 14.9 Å². The molecule has 2 aromatic rings. The number of aliphatic carboxylic acids is 1. The molecule has 8 heteroatoms. The van der Waals surface area contributed by atoms with Crippen LogP contribution in [0.3, 0.4) is 0 Å². The molecule has 0 saturated carbocycles. The fourth-order valence-corrected chi connectivity index (χ4v) is 2.54. The molecule has 0 aliphatic carbocycles. The van der Waals surface area contributed by atoms with Crippen molar-refractivity contribution in [2.75, 3.05) is 12.9 Å². The zero-order valence-electron chi connectivity index (χ0n) is 15.8. The first-order valence-electron chi connectivity index (χ1n) is 8.36. The molecule has 0 unspecified atom stereocenters. The van der Waals surface area contributed by atoms with Gasteiger partial charge in [-0.2, -0.15) is 8.42 Å². The van der Waals surface area contributed by atoms with Gasteiger partial charge in [-0.05, 0) is 61.9 Å². The summed E-state index contributed by atoms with van der Waals surface area (Å²) in [6.45, 7) is 3.27. The number of hydrogen-bond acceptors (Lipinski definition) is 6. The van der Waals surface area contributed by atoms with Crippen LogP contribution in [0.1, 0.15) is 19.4 Å². The predicted molar refractivity (Wildman–Crippen MR) is 105 cm³/mol. The van der Waals surface area contributed by atoms with Crippen molar-refractivity contribution in [1.82, 2.24) is 0 Å². The van der Waals surface area contributed by atoms with E-state index < -0.39 is 21.7 Å². The van der Waals surface area contributed by atoms with Gasteiger partial charge in [0.25, 0.3) is 0 Å². The average molecular weight is 406 g/mol. The highest BCUT2D eigenvalue weighted by Gasteiger charge is 2.29. The molecule has 1 N–H and O–H groups in total. The summed E-state index contributed by atoms with van der Waals surface area (Å²) < 4.78 is 37.9. The van der Waals surface area contributed by atoms with E-state index in [4.69, 9.17) is 18.8 Å². The van der Waals surface area contributed by atoms with Gasteiger partial charge in [0.05, 0.1) is 6.26 Å². The SMILES string of the molecule is CC(C)(Oc1ccc(OCC=Cc2ccc(OS(C)(=O)=O)cc2)cc1)C(=O)O. The van der Waals surface area contributed by atoms with E-state index >= 15 is 0 Å². The van der Waals surface area contributed by atoms with Crippen LogP contribution in [0, 0.1) is 0 Å². The van der Waals surface area contributed by atoms with Crippen LogP contribution < -0.4 is 13.7 Å². The molecule has 0 fully saturated rings. The summed E-state index contributed by atoms with van der Waals surface area (Å²) in [5, 5.41) is 9.07. The Bertz CT molecular complexity index is 928. The third-order valence-electron chi connectivity index (χ3n) is 3.50. The lowest BCUT2D eigenvalue weighted by molar-refractivity contribution is -0.152. The molecule has 0 aliphatic rings. The van der Waals surface area contributed by atoms with Crippen LogP contribution in [0.25, 0.3) is 6.08 Å². The van der Waals surface area contributed by atoms with Gasteiger partial charge in [-0.3, -0.25) is 0 Å². The molecule has 0 atom stereocenters. The molecule has 2 aromatic carbocycles. The number of carboxylic acids is 1. The number of carbonyl (C=O) groups is 1. The Morgan fingerprint density at radius 2 is 1.54 bits per heavy atom. The summed E-state index contributed by atoms with van der Waals surface area (Å²) in [6, 6.07) is 13.3. The van der Waals surface area contributed by atoms with Crippen molar-refractivity contribution < 1.29 is 32.0 Å². The van der Waals surface area contributed by atoms with Crippen LogP contribution in [0.4, 0.5) is 0 Å². The molecule has 0 spiro atoms. The Kier molecular flexibility index (Phi) is 6.69. The van der Waals surface area contributed by atoms with Crippen LogP contribution in [0.5, 0.6) is 17.2 Å². The normalized spacial score (nSPS) is 12.0. The molecule has 0 heterocycles. The number of rotatable bonds is 9. The van der Waals surface area contributed by atoms with E-state index in [0.717, 1.165) is 11.8 Å². The van der Waals surface area contributed by atoms with Crippen LogP contribution in [0.15, 0.2) is 54.6 Å². The van der Waals surface area contributed by atoms with E-state index in [1.54, 1.807) is 48.5 Å². The van der Waals surface area contributed by atoms with Gasteiger partial charge >= 0.3 is 16.1 Å². The minimum absolute atomic E-state index is 0.254. The van der Waals surface area contributed by atoms with Crippen molar-refractivity contribution >= 4 is 22.2 Å². The van der Waals surface area contributed by atoms with Gasteiger partial charge in [-0.25, -0.2) is 4.79 Å². The Hall–Kier alpha value is -3.00. The summed E-state index contributed by atoms with van der Waals surface area (Å²) in [7, 11) is -3.54. The first-order valence-corrected chi connectivity index (χ1v) is 10.2. The van der Waals surface area contributed by atoms with E-state index in [1.807, 2.05) is 12.2 Å². The fraction of sp³-hybridized carbons (Fsp3) is 0.250. The van der Waals surface area contributed by atoms with Crippen molar-refractivity contribution in [3.63, 3.8) is 0 Å². The Balaban J connectivity index is 1.85. The highest BCUT2D eigenvalue weighted by atomic mass is 32.2. The third kappa shape index (κ3) is 6.96. The molecule has 0 radical (unpaired) electrons. The summed E-state index contributed by atoms with van der Waals surface area (Å²) in [5.41, 5.74) is -0.448. The number of carboxylic acid groups (broad SMARTS) is 1. The summed E-state index contributed by atoms with van der Waals surface area (Å²) >= 11 is 0. The van der Waals surface area contributed by atoms with Crippen molar-refractivity contribution in [2.45, 2.75) is 19.4 Å². The molecule has 7 nitrogen and oxygen atoms in total. The van der Waals surface area contributed by atoms with E-state index in [-0.39, 0.29) is 5.75 Å². The van der Waals surface area contributed by atoms with Crippen molar-refractivity contribution in [3.8, 4) is 17.2 Å². The highest BCUT2D eigenvalue weighted by Crippen LogP contribution is 2.22. The molecule has 0 bridgehead atoms. The quantitative estimate of drug-likeness (QED) is 0.638. The smallest absolute Gasteiger partial charge is 0.347 e. The van der Waals surface area contributed by atoms with E-state index in [1.165, 1.54) is 13.8 Å². The molecular weight excluding hydrogens is 384 g/mol. The van der Waals surface area contributed by atoms with Gasteiger partial charge in [0.15, 0.2) is 5.60 Å². The van der Waals surface area contributed by atoms with Gasteiger partial charge in [0.2, 0.25) is 0 Å². The minimum Gasteiger partial charge on any atom is -0.490 e. The maximum absolute atomic E-state index is 11.1. The molecule has 0 saturated heterocycles. The van der Waals surface area contributed by atoms with E-state index in [2.05, 4.69) is 0 Å². The topological polar surface area (TPSA) is 99.1 Å². The van der Waals surface area contributed by atoms with E-state index in [0.29, 0.717) is 18.1 Å². The van der Waals surface area contributed by atoms with Crippen molar-refractivity contribution in [3.05, 3.63) is 60.2 Å². The van der Waals surface area contributed by atoms with E-state index in [9.17, 15) is 13.2 Å². The largest absolute Gasteiger partial charge is 0.490 e. The van der Waals surface area contributed by atoms with Crippen LogP contribution in [-0.4, -0.2) is 38.0 Å². The Morgan fingerprint density at radius 3 is 2.07 bits per heavy atom. The maximum Gasteiger partial charge on any atom is 0.347 e. The van der Waals surface area contributed by atoms with Gasteiger partial charge in [0, 0.05) is 0 Å². The lowest BCUT2D eigenvalue weighted by Crippen LogP contribution is -2.37. The zero-order valence-corrected chi connectivity index (χ0v) is 16.6. The monoisotopic (exact) mass is 406 g/mol. The molecule has 150 valence electrons. The summed E-state index contributed by atoms with van der Waals surface area (Å²) in [5.74, 6) is 0.256. The summed E-state index contributed by atoms with van der Waals surface area (Å²) in [4.78, 5) is 11.1. The fourth-order valence-electron chi connectivity index (χ4n) is 2.08. The van der Waals surface area contributed by atoms with Gasteiger partial charge in [-0.15, -0.1) is 0 Å². The molecule has 2 rings (SSSR count). The first-order chi connectivity index (χ1) is 13.0. The number of ether oxygens (including phenoxy) is 2. The highest BCUT2D eigenvalue weighted by molar-refractivity contribution is 7.86. The van der Waals surface area contributed by atoms with Crippen molar-refractivity contribution in [1.29, 1.82) is 0 Å². The third-order valence-corrected chi connectivity index (χ3v) is 3.99. The standard InChI is InChI=1S/C20H22O7S/c1-20(2,19(21)22)26-17-12-10-16(11-13-17)25-14-4-5-15-6-8-18(9-7-15)27-28(3,23)24/h4-13H,14H2,1-3H3,(H,21,22). The van der Waals surface area contributed by atoms with Crippen LogP contribution >= 0.6 is 0 Å². The lowest BCUT2D eigenvalue weighted by atomic mass is 10.1. The second-order valence-electron chi connectivity index (χ2n) is 6.46. The molecule has 0 aliphatic heterocycles. The number of hydrogen-bond donors (Lipinski definition) is 1. The molecule has 28 heavy (non-hydrogen) atoms. The average Bonchev–Trinajstić information content (AvgIpc) is 2.60. The summed E-state index contributed by atoms with van der Waals surface area (Å²) in [6.07, 6.45) is 4.63. The van der Waals surface area contributed by atoms with Crippen molar-refractivity contribution in [2.24, 2.45) is 0 Å². The first kappa shape index (κ1) is 21.3. The minimum atomic E-state index is -3.54.